The average Bonchev–Trinajstić information content (AvgIpc) is 3.08. The van der Waals surface area contributed by atoms with E-state index in [0.29, 0.717) is 16.8 Å². The highest BCUT2D eigenvalue weighted by Crippen LogP contribution is 2.24. The molecule has 0 saturated carbocycles. The average molecular weight is 388 g/mol. The molecule has 9 heteroatoms. The van der Waals surface area contributed by atoms with Gasteiger partial charge in [0.1, 0.15) is 23.0 Å². The molecule has 2 heterocycles. The smallest absolute Gasteiger partial charge is 0.276 e. The second-order valence-corrected chi connectivity index (χ2v) is 6.47. The fourth-order valence-electron chi connectivity index (χ4n) is 2.40. The van der Waals surface area contributed by atoms with Crippen molar-refractivity contribution in [1.82, 2.24) is 15.3 Å². The van der Waals surface area contributed by atoms with Crippen LogP contribution >= 0.6 is 11.3 Å². The number of anilines is 1. The van der Waals surface area contributed by atoms with Gasteiger partial charge < -0.3 is 5.32 Å². The van der Waals surface area contributed by atoms with E-state index in [1.165, 1.54) is 30.6 Å². The van der Waals surface area contributed by atoms with Gasteiger partial charge in [0, 0.05) is 24.2 Å². The summed E-state index contributed by atoms with van der Waals surface area (Å²) in [6.45, 7) is 1.67. The largest absolute Gasteiger partial charge is 0.354 e. The molecule has 0 aliphatic carbocycles. The Morgan fingerprint density at radius 3 is 2.26 bits per heavy atom. The SMILES string of the molecule is CNC(=O)c1csc(NC(=O)c2cc(-c3cc(F)cc(F)c3)cc(C)n2)n1. The Kier molecular flexibility index (Phi) is 5.22. The molecule has 3 aromatic rings. The minimum atomic E-state index is -0.713. The highest BCUT2D eigenvalue weighted by molar-refractivity contribution is 7.14. The normalized spacial score (nSPS) is 10.5. The zero-order valence-corrected chi connectivity index (χ0v) is 15.2. The maximum absolute atomic E-state index is 13.5. The van der Waals surface area contributed by atoms with E-state index in [2.05, 4.69) is 20.6 Å². The van der Waals surface area contributed by atoms with Crippen LogP contribution in [-0.2, 0) is 0 Å². The number of amides is 2. The molecule has 0 radical (unpaired) electrons. The third-order valence-electron chi connectivity index (χ3n) is 3.57. The van der Waals surface area contributed by atoms with Gasteiger partial charge in [-0.05, 0) is 42.3 Å². The highest BCUT2D eigenvalue weighted by Gasteiger charge is 2.15. The van der Waals surface area contributed by atoms with Crippen LogP contribution in [0.15, 0.2) is 35.7 Å². The first kappa shape index (κ1) is 18.6. The van der Waals surface area contributed by atoms with Gasteiger partial charge in [-0.15, -0.1) is 11.3 Å². The fraction of sp³-hybridized carbons (Fsp3) is 0.111. The minimum Gasteiger partial charge on any atom is -0.354 e. The van der Waals surface area contributed by atoms with Crippen molar-refractivity contribution in [3.8, 4) is 11.1 Å². The number of hydrogen-bond donors (Lipinski definition) is 2. The Balaban J connectivity index is 1.88. The Bertz CT molecular complexity index is 1020. The summed E-state index contributed by atoms with van der Waals surface area (Å²) in [6.07, 6.45) is 0. The number of carbonyl (C=O) groups is 2. The first-order valence-electron chi connectivity index (χ1n) is 7.80. The van der Waals surface area contributed by atoms with E-state index >= 15 is 0 Å². The summed E-state index contributed by atoms with van der Waals surface area (Å²) < 4.78 is 27.0. The molecule has 0 fully saturated rings. The molecular weight excluding hydrogens is 374 g/mol. The van der Waals surface area contributed by atoms with Gasteiger partial charge in [0.05, 0.1) is 0 Å². The molecule has 6 nitrogen and oxygen atoms in total. The van der Waals surface area contributed by atoms with E-state index in [0.717, 1.165) is 17.4 Å². The molecule has 0 saturated heterocycles. The molecule has 2 N–H and O–H groups in total. The third-order valence-corrected chi connectivity index (χ3v) is 4.32. The van der Waals surface area contributed by atoms with Crippen molar-refractivity contribution in [2.45, 2.75) is 6.92 Å². The Morgan fingerprint density at radius 2 is 1.59 bits per heavy atom. The number of carbonyl (C=O) groups excluding carboxylic acids is 2. The second-order valence-electron chi connectivity index (χ2n) is 5.61. The number of hydrogen-bond acceptors (Lipinski definition) is 5. The van der Waals surface area contributed by atoms with Crippen LogP contribution in [0.2, 0.25) is 0 Å². The number of aromatic nitrogens is 2. The molecule has 1 aromatic carbocycles. The number of aryl methyl sites for hydroxylation is 1. The van der Waals surface area contributed by atoms with Crippen molar-refractivity contribution < 1.29 is 18.4 Å². The molecule has 138 valence electrons. The van der Waals surface area contributed by atoms with Crippen LogP contribution in [0, 0.1) is 18.6 Å². The van der Waals surface area contributed by atoms with Crippen molar-refractivity contribution in [1.29, 1.82) is 0 Å². The van der Waals surface area contributed by atoms with Gasteiger partial charge >= 0.3 is 0 Å². The number of rotatable bonds is 4. The van der Waals surface area contributed by atoms with Crippen LogP contribution < -0.4 is 10.6 Å². The van der Waals surface area contributed by atoms with Gasteiger partial charge in [-0.25, -0.2) is 18.7 Å². The summed E-state index contributed by atoms with van der Waals surface area (Å²) in [4.78, 5) is 32.2. The van der Waals surface area contributed by atoms with Crippen molar-refractivity contribution in [3.63, 3.8) is 0 Å². The molecule has 0 bridgehead atoms. The van der Waals surface area contributed by atoms with Crippen molar-refractivity contribution >= 4 is 28.3 Å². The number of thiazole rings is 1. The van der Waals surface area contributed by atoms with E-state index in [4.69, 9.17) is 0 Å². The van der Waals surface area contributed by atoms with E-state index in [9.17, 15) is 18.4 Å². The monoisotopic (exact) mass is 388 g/mol. The summed E-state index contributed by atoms with van der Waals surface area (Å²) in [6, 6.07) is 6.19. The standard InChI is InChI=1S/C18H14F2N4O2S/c1-9-3-10(11-4-12(19)7-13(20)5-11)6-14(22-9)17(26)24-18-23-15(8-27-18)16(25)21-2/h3-8H,1-2H3,(H,21,25)(H,23,24,26). The predicted octanol–water partition coefficient (Wildman–Crippen LogP) is 3.40. The maximum atomic E-state index is 13.5. The van der Waals surface area contributed by atoms with E-state index in [-0.39, 0.29) is 22.4 Å². The van der Waals surface area contributed by atoms with E-state index in [1.807, 2.05) is 0 Å². The van der Waals surface area contributed by atoms with Crippen molar-refractivity contribution in [2.75, 3.05) is 12.4 Å². The second kappa shape index (κ2) is 7.58. The number of benzene rings is 1. The zero-order chi connectivity index (χ0) is 19.6. The van der Waals surface area contributed by atoms with Gasteiger partial charge in [0.2, 0.25) is 0 Å². The van der Waals surface area contributed by atoms with Crippen molar-refractivity contribution in [3.05, 3.63) is 64.4 Å². The fourth-order valence-corrected chi connectivity index (χ4v) is 3.08. The van der Waals surface area contributed by atoms with Gasteiger partial charge in [-0.1, -0.05) is 0 Å². The molecular formula is C18H14F2N4O2S. The summed E-state index contributed by atoms with van der Waals surface area (Å²) in [7, 11) is 1.48. The lowest BCUT2D eigenvalue weighted by molar-refractivity contribution is 0.0957. The van der Waals surface area contributed by atoms with Gasteiger partial charge in [-0.2, -0.15) is 0 Å². The number of pyridine rings is 1. The minimum absolute atomic E-state index is 0.0614. The molecule has 0 aliphatic rings. The summed E-state index contributed by atoms with van der Waals surface area (Å²) in [5.41, 5.74) is 1.50. The predicted molar refractivity (Wildman–Crippen MR) is 97.8 cm³/mol. The van der Waals surface area contributed by atoms with E-state index < -0.39 is 17.5 Å². The molecule has 0 aliphatic heterocycles. The first-order valence-corrected chi connectivity index (χ1v) is 8.68. The molecule has 27 heavy (non-hydrogen) atoms. The van der Waals surface area contributed by atoms with Gasteiger partial charge in [0.15, 0.2) is 5.13 Å². The zero-order valence-electron chi connectivity index (χ0n) is 14.3. The summed E-state index contributed by atoms with van der Waals surface area (Å²) >= 11 is 1.09. The number of nitrogens with zero attached hydrogens (tertiary/aromatic N) is 2. The van der Waals surface area contributed by atoms with Crippen LogP contribution in [-0.4, -0.2) is 28.8 Å². The molecule has 3 rings (SSSR count). The Hall–Kier alpha value is -3.20. The maximum Gasteiger partial charge on any atom is 0.276 e. The van der Waals surface area contributed by atoms with Crippen LogP contribution in [0.5, 0.6) is 0 Å². The van der Waals surface area contributed by atoms with E-state index in [1.54, 1.807) is 13.0 Å². The summed E-state index contributed by atoms with van der Waals surface area (Å²) in [5, 5.41) is 6.75. The third kappa shape index (κ3) is 4.32. The lowest BCUT2D eigenvalue weighted by atomic mass is 10.0. The highest BCUT2D eigenvalue weighted by atomic mass is 32.1. The van der Waals surface area contributed by atoms with Crippen LogP contribution in [0.4, 0.5) is 13.9 Å². The van der Waals surface area contributed by atoms with Crippen molar-refractivity contribution in [2.24, 2.45) is 0 Å². The summed E-state index contributed by atoms with van der Waals surface area (Å²) in [5.74, 6) is -2.34. The molecule has 2 aromatic heterocycles. The molecule has 0 atom stereocenters. The molecule has 0 spiro atoms. The van der Waals surface area contributed by atoms with Crippen LogP contribution in [0.1, 0.15) is 26.7 Å². The lowest BCUT2D eigenvalue weighted by Crippen LogP contribution is -2.18. The van der Waals surface area contributed by atoms with Crippen LogP contribution in [0.3, 0.4) is 0 Å². The Morgan fingerprint density at radius 1 is 0.926 bits per heavy atom. The topological polar surface area (TPSA) is 84.0 Å². The number of halogens is 2. The lowest BCUT2D eigenvalue weighted by Gasteiger charge is -2.07. The first-order chi connectivity index (χ1) is 12.9. The Labute approximate surface area is 157 Å². The van der Waals surface area contributed by atoms with Gasteiger partial charge in [0.25, 0.3) is 11.8 Å². The van der Waals surface area contributed by atoms with Crippen LogP contribution in [0.25, 0.3) is 11.1 Å². The quantitative estimate of drug-likeness (QED) is 0.718. The molecule has 0 unspecified atom stereocenters. The molecule has 2 amide bonds. The number of nitrogens with one attached hydrogen (secondary N) is 2. The van der Waals surface area contributed by atoms with Gasteiger partial charge in [-0.3, -0.25) is 14.9 Å².